The lowest BCUT2D eigenvalue weighted by Gasteiger charge is -2.17. The summed E-state index contributed by atoms with van der Waals surface area (Å²) in [6, 6.07) is 1.79. The van der Waals surface area contributed by atoms with Gasteiger partial charge in [0.1, 0.15) is 5.54 Å². The van der Waals surface area contributed by atoms with Crippen LogP contribution >= 0.6 is 0 Å². The molecule has 0 atom stereocenters. The molecule has 0 unspecified atom stereocenters. The minimum atomic E-state index is -1.13. The largest absolute Gasteiger partial charge is 0.480 e. The number of pyridine rings is 1. The van der Waals surface area contributed by atoms with Gasteiger partial charge in [-0.25, -0.2) is 9.78 Å². The van der Waals surface area contributed by atoms with Crippen LogP contribution in [0.4, 0.5) is 0 Å². The Morgan fingerprint density at radius 2 is 2.04 bits per heavy atom. The zero-order chi connectivity index (χ0) is 18.7. The molecule has 7 heteroatoms. The highest BCUT2D eigenvalue weighted by Crippen LogP contribution is 2.41. The summed E-state index contributed by atoms with van der Waals surface area (Å²) >= 11 is 0. The molecule has 2 aromatic heterocycles. The fraction of sp³-hybridized carbons (Fsp3) is 0.579. The zero-order valence-corrected chi connectivity index (χ0v) is 15.3. The maximum atomic E-state index is 13.0. The molecule has 26 heavy (non-hydrogen) atoms. The van der Waals surface area contributed by atoms with Crippen molar-refractivity contribution in [2.45, 2.75) is 64.3 Å². The number of amides is 1. The molecule has 0 radical (unpaired) electrons. The van der Waals surface area contributed by atoms with Crippen LogP contribution in [0.2, 0.25) is 0 Å². The topological polar surface area (TPSA) is 105 Å². The van der Waals surface area contributed by atoms with Crippen molar-refractivity contribution < 1.29 is 19.2 Å². The summed E-state index contributed by atoms with van der Waals surface area (Å²) in [5.41, 5.74) is 1.12. The number of nitrogens with one attached hydrogen (secondary N) is 1. The third-order valence-corrected chi connectivity index (χ3v) is 4.99. The summed E-state index contributed by atoms with van der Waals surface area (Å²) in [5.74, 6) is -1.03. The summed E-state index contributed by atoms with van der Waals surface area (Å²) < 4.78 is 5.44. The number of nitrogens with zero attached hydrogens (tertiary/aromatic N) is 2. The molecule has 0 saturated heterocycles. The first-order valence-electron chi connectivity index (χ1n) is 9.04. The van der Waals surface area contributed by atoms with Crippen LogP contribution in [0.15, 0.2) is 10.6 Å². The van der Waals surface area contributed by atoms with Gasteiger partial charge in [0, 0.05) is 11.6 Å². The molecule has 2 aliphatic rings. The first-order valence-corrected chi connectivity index (χ1v) is 9.04. The molecule has 0 aromatic carbocycles. The monoisotopic (exact) mass is 357 g/mol. The lowest BCUT2D eigenvalue weighted by atomic mass is 9.89. The molecule has 2 aliphatic carbocycles. The van der Waals surface area contributed by atoms with Crippen molar-refractivity contribution in [2.75, 3.05) is 0 Å². The fourth-order valence-corrected chi connectivity index (χ4v) is 3.22. The minimum absolute atomic E-state index is 0.0362. The van der Waals surface area contributed by atoms with Gasteiger partial charge >= 0.3 is 5.97 Å². The molecule has 1 amide bonds. The average Bonchev–Trinajstić information content (AvgIpc) is 3.45. The van der Waals surface area contributed by atoms with Crippen LogP contribution in [-0.2, 0) is 11.2 Å². The highest BCUT2D eigenvalue weighted by atomic mass is 16.5. The van der Waals surface area contributed by atoms with Gasteiger partial charge < -0.3 is 14.9 Å². The Hall–Kier alpha value is -2.44. The van der Waals surface area contributed by atoms with E-state index in [1.54, 1.807) is 6.07 Å². The highest BCUT2D eigenvalue weighted by Gasteiger charge is 2.52. The van der Waals surface area contributed by atoms with Gasteiger partial charge in [0.05, 0.1) is 16.6 Å². The number of carboxylic acids is 1. The summed E-state index contributed by atoms with van der Waals surface area (Å²) in [6.07, 6.45) is 3.63. The number of hydrogen-bond acceptors (Lipinski definition) is 5. The van der Waals surface area contributed by atoms with Crippen LogP contribution < -0.4 is 5.32 Å². The molecule has 0 bridgehead atoms. The summed E-state index contributed by atoms with van der Waals surface area (Å²) in [4.78, 5) is 29.0. The second-order valence-corrected chi connectivity index (χ2v) is 8.76. The Morgan fingerprint density at radius 3 is 2.58 bits per heavy atom. The van der Waals surface area contributed by atoms with E-state index in [4.69, 9.17) is 4.52 Å². The Kier molecular flexibility index (Phi) is 3.61. The van der Waals surface area contributed by atoms with Crippen LogP contribution in [0.25, 0.3) is 11.1 Å². The number of hydrogen-bond donors (Lipinski definition) is 2. The van der Waals surface area contributed by atoms with Crippen LogP contribution in [0, 0.1) is 5.41 Å². The Bertz CT molecular complexity index is 901. The maximum absolute atomic E-state index is 13.0. The molecular weight excluding hydrogens is 334 g/mol. The van der Waals surface area contributed by atoms with E-state index in [0.29, 0.717) is 47.5 Å². The van der Waals surface area contributed by atoms with Gasteiger partial charge in [-0.15, -0.1) is 0 Å². The van der Waals surface area contributed by atoms with Crippen LogP contribution in [0.5, 0.6) is 0 Å². The Morgan fingerprint density at radius 1 is 1.35 bits per heavy atom. The van der Waals surface area contributed by atoms with E-state index in [1.165, 1.54) is 0 Å². The van der Waals surface area contributed by atoms with Gasteiger partial charge in [-0.1, -0.05) is 25.9 Å². The number of aromatic nitrogens is 2. The van der Waals surface area contributed by atoms with Crippen LogP contribution in [0.3, 0.4) is 0 Å². The maximum Gasteiger partial charge on any atom is 0.329 e. The third-order valence-electron chi connectivity index (χ3n) is 4.99. The molecule has 2 aromatic rings. The quantitative estimate of drug-likeness (QED) is 0.852. The predicted molar refractivity (Wildman–Crippen MR) is 94.0 cm³/mol. The molecule has 0 aliphatic heterocycles. The van der Waals surface area contributed by atoms with E-state index < -0.39 is 17.4 Å². The number of carbonyl (C=O) groups is 2. The molecule has 2 N–H and O–H groups in total. The van der Waals surface area contributed by atoms with Gasteiger partial charge in [0.2, 0.25) is 0 Å². The number of carboxylic acid groups (broad SMARTS) is 1. The van der Waals surface area contributed by atoms with Crippen molar-refractivity contribution in [3.63, 3.8) is 0 Å². The zero-order valence-electron chi connectivity index (χ0n) is 15.3. The van der Waals surface area contributed by atoms with E-state index in [2.05, 4.69) is 36.2 Å². The highest BCUT2D eigenvalue weighted by molar-refractivity contribution is 6.08. The first kappa shape index (κ1) is 17.0. The van der Waals surface area contributed by atoms with E-state index in [1.807, 2.05) is 0 Å². The molecule has 7 nitrogen and oxygen atoms in total. The molecule has 2 fully saturated rings. The van der Waals surface area contributed by atoms with Crippen molar-refractivity contribution in [3.05, 3.63) is 23.0 Å². The van der Waals surface area contributed by atoms with Gasteiger partial charge in [-0.2, -0.15) is 0 Å². The van der Waals surface area contributed by atoms with E-state index in [-0.39, 0.29) is 5.41 Å². The number of aliphatic carboxylic acids is 1. The lowest BCUT2D eigenvalue weighted by molar-refractivity contribution is -0.140. The molecule has 138 valence electrons. The van der Waals surface area contributed by atoms with Gasteiger partial charge in [-0.05, 0) is 43.6 Å². The first-order chi connectivity index (χ1) is 12.2. The Balaban J connectivity index is 1.78. The third kappa shape index (κ3) is 3.06. The number of carbonyl (C=O) groups excluding carboxylic acids is 1. The smallest absolute Gasteiger partial charge is 0.329 e. The van der Waals surface area contributed by atoms with Crippen molar-refractivity contribution in [2.24, 2.45) is 5.41 Å². The van der Waals surface area contributed by atoms with Crippen molar-refractivity contribution in [1.82, 2.24) is 15.5 Å². The summed E-state index contributed by atoms with van der Waals surface area (Å²) in [7, 11) is 0. The average molecular weight is 357 g/mol. The predicted octanol–water partition coefficient (Wildman–Crippen LogP) is 3.04. The molecule has 0 spiro atoms. The number of fused-ring (bicyclic) bond motifs is 1. The van der Waals surface area contributed by atoms with Crippen molar-refractivity contribution in [1.29, 1.82) is 0 Å². The van der Waals surface area contributed by atoms with Crippen molar-refractivity contribution >= 4 is 23.0 Å². The van der Waals surface area contributed by atoms with E-state index in [0.717, 1.165) is 18.5 Å². The number of rotatable bonds is 5. The molecular formula is C19H23N3O4. The summed E-state index contributed by atoms with van der Waals surface area (Å²) in [6.45, 7) is 6.26. The normalized spacial score (nSPS) is 18.7. The van der Waals surface area contributed by atoms with Crippen LogP contribution in [0.1, 0.15) is 74.1 Å². The SMILES string of the molecule is CC(C)(C)Cc1noc2nc(C3CC3)cc(C(=O)NC3(C(=O)O)CC3)c12. The Labute approximate surface area is 151 Å². The second kappa shape index (κ2) is 5.53. The van der Waals surface area contributed by atoms with Crippen LogP contribution in [-0.4, -0.2) is 32.7 Å². The van der Waals surface area contributed by atoms with E-state index in [9.17, 15) is 14.7 Å². The van der Waals surface area contributed by atoms with Crippen molar-refractivity contribution in [3.8, 4) is 0 Å². The van der Waals surface area contributed by atoms with Gasteiger partial charge in [-0.3, -0.25) is 4.79 Å². The van der Waals surface area contributed by atoms with E-state index >= 15 is 0 Å². The minimum Gasteiger partial charge on any atom is -0.480 e. The summed E-state index contributed by atoms with van der Waals surface area (Å²) in [5, 5.41) is 16.8. The molecule has 4 rings (SSSR count). The van der Waals surface area contributed by atoms with Gasteiger partial charge in [0.15, 0.2) is 0 Å². The fourth-order valence-electron chi connectivity index (χ4n) is 3.22. The lowest BCUT2D eigenvalue weighted by Crippen LogP contribution is -2.43. The standard InChI is InChI=1S/C19H23N3O4/c1-18(2,3)9-13-14-11(15(23)21-19(6-7-19)17(24)25)8-12(10-4-5-10)20-16(14)26-22-13/h8,10H,4-7,9H2,1-3H3,(H,21,23)(H,24,25). The molecule has 2 saturated carbocycles. The molecule has 2 heterocycles. The van der Waals surface area contributed by atoms with Gasteiger partial charge in [0.25, 0.3) is 11.6 Å². The second-order valence-electron chi connectivity index (χ2n) is 8.76.